The van der Waals surface area contributed by atoms with E-state index in [9.17, 15) is 4.39 Å². The van der Waals surface area contributed by atoms with Gasteiger partial charge in [-0.25, -0.2) is 9.37 Å². The second kappa shape index (κ2) is 5.30. The molecule has 1 aliphatic carbocycles. The van der Waals surface area contributed by atoms with Gasteiger partial charge in [0.1, 0.15) is 11.6 Å². The molecular weight excluding hydrogens is 343 g/mol. The molecule has 5 heteroatoms. The molecule has 0 aliphatic heterocycles. The Morgan fingerprint density at radius 3 is 2.80 bits per heavy atom. The Morgan fingerprint density at radius 2 is 2.20 bits per heavy atom. The highest BCUT2D eigenvalue weighted by molar-refractivity contribution is 9.10. The molecule has 2 aromatic rings. The van der Waals surface area contributed by atoms with Gasteiger partial charge in [-0.3, -0.25) is 0 Å². The largest absolute Gasteiger partial charge is 0.326 e. The van der Waals surface area contributed by atoms with E-state index in [1.54, 1.807) is 12.1 Å². The fourth-order valence-corrected chi connectivity index (χ4v) is 3.51. The molecule has 0 N–H and O–H groups in total. The zero-order valence-electron chi connectivity index (χ0n) is 11.4. The highest BCUT2D eigenvalue weighted by atomic mass is 79.9. The minimum atomic E-state index is -0.250. The van der Waals surface area contributed by atoms with Crippen molar-refractivity contribution in [3.05, 3.63) is 28.2 Å². The molecule has 0 atom stereocenters. The van der Waals surface area contributed by atoms with Crippen molar-refractivity contribution in [3.63, 3.8) is 0 Å². The molecule has 1 aromatic carbocycles. The molecule has 0 amide bonds. The summed E-state index contributed by atoms with van der Waals surface area (Å²) in [6.07, 6.45) is 4.90. The van der Waals surface area contributed by atoms with E-state index in [4.69, 9.17) is 11.6 Å². The smallest absolute Gasteiger partial charge is 0.139 e. The van der Waals surface area contributed by atoms with Gasteiger partial charge in [-0.15, -0.1) is 11.6 Å². The minimum absolute atomic E-state index is 0.250. The maximum absolute atomic E-state index is 13.8. The molecule has 108 valence electrons. The highest BCUT2D eigenvalue weighted by Gasteiger charge is 2.42. The number of alkyl halides is 1. The lowest BCUT2D eigenvalue weighted by atomic mass is 10.0. The number of imidazole rings is 1. The van der Waals surface area contributed by atoms with Crippen LogP contribution in [0, 0.1) is 11.2 Å². The first kappa shape index (κ1) is 14.3. The van der Waals surface area contributed by atoms with Crippen LogP contribution in [-0.4, -0.2) is 9.55 Å². The van der Waals surface area contributed by atoms with Crippen molar-refractivity contribution in [1.29, 1.82) is 0 Å². The summed E-state index contributed by atoms with van der Waals surface area (Å²) in [5.74, 6) is 0.942. The predicted molar refractivity (Wildman–Crippen MR) is 83.5 cm³/mol. The Morgan fingerprint density at radius 1 is 1.45 bits per heavy atom. The van der Waals surface area contributed by atoms with E-state index in [1.807, 2.05) is 0 Å². The number of hydrogen-bond acceptors (Lipinski definition) is 1. The number of rotatable bonds is 5. The zero-order chi connectivity index (χ0) is 14.3. The third-order valence-electron chi connectivity index (χ3n) is 4.22. The predicted octanol–water partition coefficient (Wildman–Crippen LogP) is 5.26. The molecule has 0 bridgehead atoms. The quantitative estimate of drug-likeness (QED) is 0.666. The topological polar surface area (TPSA) is 17.8 Å². The van der Waals surface area contributed by atoms with E-state index in [0.717, 1.165) is 23.4 Å². The molecule has 1 aromatic heterocycles. The number of hydrogen-bond donors (Lipinski definition) is 0. The summed E-state index contributed by atoms with van der Waals surface area (Å²) >= 11 is 9.23. The lowest BCUT2D eigenvalue weighted by Crippen LogP contribution is -2.13. The van der Waals surface area contributed by atoms with Gasteiger partial charge in [0.2, 0.25) is 0 Å². The second-order valence-corrected chi connectivity index (χ2v) is 6.87. The van der Waals surface area contributed by atoms with Crippen LogP contribution >= 0.6 is 27.5 Å². The average molecular weight is 360 g/mol. The van der Waals surface area contributed by atoms with E-state index in [1.165, 1.54) is 25.7 Å². The SMILES string of the molecule is CCCC1(Cn2c(CCl)nc3cc(Br)c(F)cc32)CC1. The van der Waals surface area contributed by atoms with Crippen molar-refractivity contribution in [3.8, 4) is 0 Å². The number of fused-ring (bicyclic) bond motifs is 1. The second-order valence-electron chi connectivity index (χ2n) is 5.75. The first-order valence-electron chi connectivity index (χ1n) is 6.99. The van der Waals surface area contributed by atoms with Gasteiger partial charge in [0.15, 0.2) is 0 Å². The summed E-state index contributed by atoms with van der Waals surface area (Å²) in [7, 11) is 0. The normalized spacial score (nSPS) is 16.8. The van der Waals surface area contributed by atoms with E-state index in [2.05, 4.69) is 32.4 Å². The van der Waals surface area contributed by atoms with Crippen LogP contribution in [0.4, 0.5) is 4.39 Å². The Hall–Kier alpha value is -0.610. The molecule has 20 heavy (non-hydrogen) atoms. The van der Waals surface area contributed by atoms with E-state index in [0.29, 0.717) is 15.8 Å². The molecule has 3 rings (SSSR count). The summed E-state index contributed by atoms with van der Waals surface area (Å²) in [6, 6.07) is 3.29. The summed E-state index contributed by atoms with van der Waals surface area (Å²) < 4.78 is 16.4. The number of benzene rings is 1. The lowest BCUT2D eigenvalue weighted by molar-refractivity contribution is 0.389. The molecule has 2 nitrogen and oxygen atoms in total. The fraction of sp³-hybridized carbons (Fsp3) is 0.533. The lowest BCUT2D eigenvalue weighted by Gasteiger charge is -2.17. The van der Waals surface area contributed by atoms with Gasteiger partial charge in [-0.2, -0.15) is 0 Å². The first-order valence-corrected chi connectivity index (χ1v) is 8.31. The Kier molecular flexibility index (Phi) is 3.80. The van der Waals surface area contributed by atoms with Crippen LogP contribution in [0.5, 0.6) is 0 Å². The maximum Gasteiger partial charge on any atom is 0.139 e. The van der Waals surface area contributed by atoms with Crippen LogP contribution < -0.4 is 0 Å². The molecule has 1 fully saturated rings. The molecular formula is C15H17BrClFN2. The standard InChI is InChI=1S/C15H17BrClFN2/c1-2-3-15(4-5-15)9-20-13-7-11(18)10(16)6-12(13)19-14(20)8-17/h6-7H,2-5,8-9H2,1H3. The summed E-state index contributed by atoms with van der Waals surface area (Å²) in [5, 5.41) is 0. The molecule has 1 aliphatic rings. The van der Waals surface area contributed by atoms with Crippen molar-refractivity contribution in [2.75, 3.05) is 0 Å². The average Bonchev–Trinajstić information content (AvgIpc) is 3.10. The van der Waals surface area contributed by atoms with Crippen molar-refractivity contribution < 1.29 is 4.39 Å². The van der Waals surface area contributed by atoms with E-state index in [-0.39, 0.29) is 5.82 Å². The number of aromatic nitrogens is 2. The Balaban J connectivity index is 2.06. The highest BCUT2D eigenvalue weighted by Crippen LogP contribution is 2.51. The summed E-state index contributed by atoms with van der Waals surface area (Å²) in [5.41, 5.74) is 2.04. The Labute approximate surface area is 131 Å². The van der Waals surface area contributed by atoms with Crippen LogP contribution in [0.2, 0.25) is 0 Å². The van der Waals surface area contributed by atoms with Gasteiger partial charge in [0.25, 0.3) is 0 Å². The van der Waals surface area contributed by atoms with Gasteiger partial charge < -0.3 is 4.57 Å². The van der Waals surface area contributed by atoms with E-state index < -0.39 is 0 Å². The van der Waals surface area contributed by atoms with Gasteiger partial charge in [0.05, 0.1) is 21.4 Å². The zero-order valence-corrected chi connectivity index (χ0v) is 13.8. The van der Waals surface area contributed by atoms with Gasteiger partial charge in [-0.05, 0) is 46.7 Å². The molecule has 0 radical (unpaired) electrons. The first-order chi connectivity index (χ1) is 9.58. The van der Waals surface area contributed by atoms with Crippen LogP contribution in [0.25, 0.3) is 11.0 Å². The minimum Gasteiger partial charge on any atom is -0.326 e. The van der Waals surface area contributed by atoms with Gasteiger partial charge in [0, 0.05) is 12.6 Å². The van der Waals surface area contributed by atoms with Crippen molar-refractivity contribution >= 4 is 38.6 Å². The molecule has 1 heterocycles. The third-order valence-corrected chi connectivity index (χ3v) is 5.07. The van der Waals surface area contributed by atoms with Gasteiger partial charge >= 0.3 is 0 Å². The molecule has 0 spiro atoms. The number of halogens is 3. The monoisotopic (exact) mass is 358 g/mol. The van der Waals surface area contributed by atoms with E-state index >= 15 is 0 Å². The maximum atomic E-state index is 13.8. The van der Waals surface area contributed by atoms with Crippen molar-refractivity contribution in [1.82, 2.24) is 9.55 Å². The summed E-state index contributed by atoms with van der Waals surface area (Å²) in [6.45, 7) is 3.12. The van der Waals surface area contributed by atoms with Crippen molar-refractivity contribution in [2.45, 2.75) is 45.0 Å². The van der Waals surface area contributed by atoms with Crippen molar-refractivity contribution in [2.24, 2.45) is 5.41 Å². The molecule has 1 saturated carbocycles. The van der Waals surface area contributed by atoms with Gasteiger partial charge in [-0.1, -0.05) is 13.3 Å². The fourth-order valence-electron chi connectivity index (χ4n) is 2.98. The Bertz CT molecular complexity index is 649. The van der Waals surface area contributed by atoms with Crippen LogP contribution in [0.1, 0.15) is 38.4 Å². The van der Waals surface area contributed by atoms with Crippen LogP contribution in [-0.2, 0) is 12.4 Å². The van der Waals surface area contributed by atoms with Crippen LogP contribution in [0.15, 0.2) is 16.6 Å². The third kappa shape index (κ3) is 2.48. The summed E-state index contributed by atoms with van der Waals surface area (Å²) in [4.78, 5) is 4.54. The molecule has 0 unspecified atom stereocenters. The van der Waals surface area contributed by atoms with Crippen LogP contribution in [0.3, 0.4) is 0 Å². The molecule has 0 saturated heterocycles. The number of nitrogens with zero attached hydrogens (tertiary/aromatic N) is 2.